The molecule has 0 radical (unpaired) electrons. The van der Waals surface area contributed by atoms with Gasteiger partial charge in [-0.2, -0.15) is 0 Å². The lowest BCUT2D eigenvalue weighted by molar-refractivity contribution is 0.138. The molecule has 2 amide bonds. The van der Waals surface area contributed by atoms with Crippen LogP contribution in [0.4, 0.5) is 4.79 Å². The first kappa shape index (κ1) is 15.8. The molecule has 0 aromatic carbocycles. The molecule has 5 heteroatoms. The maximum absolute atomic E-state index is 12.1. The minimum absolute atomic E-state index is 0.0417. The number of unbranched alkanes of at least 4 members (excludes halogenated alkanes) is 2. The molecule has 0 atom stereocenters. The fourth-order valence-corrected chi connectivity index (χ4v) is 2.55. The summed E-state index contributed by atoms with van der Waals surface area (Å²) in [6, 6.07) is 3.89. The molecule has 1 fully saturated rings. The van der Waals surface area contributed by atoms with E-state index in [9.17, 15) is 4.79 Å². The van der Waals surface area contributed by atoms with Gasteiger partial charge in [-0.25, -0.2) is 4.79 Å². The van der Waals surface area contributed by atoms with Crippen LogP contribution in [0.25, 0.3) is 0 Å². The number of nitrogens with one attached hydrogen (secondary N) is 1. The Morgan fingerprint density at radius 2 is 1.90 bits per heavy atom. The van der Waals surface area contributed by atoms with Crippen molar-refractivity contribution in [3.63, 3.8) is 0 Å². The molecular weight excluding hydrogens is 264 g/mol. The number of nitrogens with zero attached hydrogens (tertiary/aromatic N) is 3. The SMILES string of the molecule is CCCCCN1CCN(C(=O)NCc2ccncc2)CC1. The number of rotatable bonds is 6. The standard InChI is InChI=1S/C16H26N4O/c1-2-3-4-9-19-10-12-20(13-11-19)16(21)18-14-15-5-7-17-8-6-15/h5-8H,2-4,9-14H2,1H3,(H,18,21). The third-order valence-corrected chi connectivity index (χ3v) is 3.93. The first-order valence-corrected chi connectivity index (χ1v) is 7.93. The normalized spacial score (nSPS) is 16.0. The number of hydrogen-bond donors (Lipinski definition) is 1. The highest BCUT2D eigenvalue weighted by Gasteiger charge is 2.20. The highest BCUT2D eigenvalue weighted by molar-refractivity contribution is 5.74. The van der Waals surface area contributed by atoms with E-state index in [4.69, 9.17) is 0 Å². The van der Waals surface area contributed by atoms with Crippen molar-refractivity contribution >= 4 is 6.03 Å². The van der Waals surface area contributed by atoms with E-state index >= 15 is 0 Å². The molecule has 1 aliphatic rings. The number of carbonyl (C=O) groups is 1. The maximum atomic E-state index is 12.1. The Hall–Kier alpha value is -1.62. The monoisotopic (exact) mass is 290 g/mol. The van der Waals surface area contributed by atoms with Gasteiger partial charge in [0.2, 0.25) is 0 Å². The molecule has 0 aliphatic carbocycles. The second-order valence-electron chi connectivity index (χ2n) is 5.55. The summed E-state index contributed by atoms with van der Waals surface area (Å²) >= 11 is 0. The summed E-state index contributed by atoms with van der Waals surface area (Å²) in [7, 11) is 0. The van der Waals surface area contributed by atoms with E-state index in [0.29, 0.717) is 6.54 Å². The quantitative estimate of drug-likeness (QED) is 0.816. The van der Waals surface area contributed by atoms with Crippen LogP contribution in [0.1, 0.15) is 31.7 Å². The van der Waals surface area contributed by atoms with E-state index in [1.54, 1.807) is 12.4 Å². The van der Waals surface area contributed by atoms with Crippen LogP contribution in [0.3, 0.4) is 0 Å². The summed E-state index contributed by atoms with van der Waals surface area (Å²) in [6.07, 6.45) is 7.32. The zero-order valence-electron chi connectivity index (χ0n) is 12.9. The van der Waals surface area contributed by atoms with Crippen LogP contribution >= 0.6 is 0 Å². The van der Waals surface area contributed by atoms with Gasteiger partial charge in [0.25, 0.3) is 0 Å². The molecule has 1 aromatic heterocycles. The molecule has 0 spiro atoms. The fraction of sp³-hybridized carbons (Fsp3) is 0.625. The van der Waals surface area contributed by atoms with Gasteiger partial charge in [0, 0.05) is 45.1 Å². The van der Waals surface area contributed by atoms with Crippen molar-refractivity contribution < 1.29 is 4.79 Å². The van der Waals surface area contributed by atoms with Gasteiger partial charge in [0.1, 0.15) is 0 Å². The largest absolute Gasteiger partial charge is 0.334 e. The fourth-order valence-electron chi connectivity index (χ4n) is 2.55. The minimum Gasteiger partial charge on any atom is -0.334 e. The van der Waals surface area contributed by atoms with Crippen LogP contribution in [0, 0.1) is 0 Å². The average Bonchev–Trinajstić information content (AvgIpc) is 2.54. The lowest BCUT2D eigenvalue weighted by atomic mass is 10.2. The maximum Gasteiger partial charge on any atom is 0.317 e. The molecule has 2 heterocycles. The van der Waals surface area contributed by atoms with Crippen LogP contribution < -0.4 is 5.32 Å². The Kier molecular flexibility index (Phi) is 6.47. The third kappa shape index (κ3) is 5.34. The van der Waals surface area contributed by atoms with E-state index in [0.717, 1.165) is 31.7 Å². The van der Waals surface area contributed by atoms with Crippen LogP contribution in [0.2, 0.25) is 0 Å². The van der Waals surface area contributed by atoms with Crippen LogP contribution in [0.15, 0.2) is 24.5 Å². The van der Waals surface area contributed by atoms with Gasteiger partial charge in [-0.1, -0.05) is 19.8 Å². The summed E-state index contributed by atoms with van der Waals surface area (Å²) in [5, 5.41) is 2.98. The van der Waals surface area contributed by atoms with Crippen molar-refractivity contribution in [2.45, 2.75) is 32.7 Å². The Bertz CT molecular complexity index is 416. The molecule has 0 unspecified atom stereocenters. The minimum atomic E-state index is 0.0417. The Balaban J connectivity index is 1.66. The van der Waals surface area contributed by atoms with E-state index < -0.39 is 0 Å². The van der Waals surface area contributed by atoms with Crippen molar-refractivity contribution in [1.82, 2.24) is 20.1 Å². The molecule has 0 bridgehead atoms. The number of urea groups is 1. The first-order valence-electron chi connectivity index (χ1n) is 7.93. The van der Waals surface area contributed by atoms with Gasteiger partial charge in [-0.3, -0.25) is 9.88 Å². The van der Waals surface area contributed by atoms with Gasteiger partial charge in [0.05, 0.1) is 0 Å². The van der Waals surface area contributed by atoms with Crippen molar-refractivity contribution in [3.05, 3.63) is 30.1 Å². The van der Waals surface area contributed by atoms with Crippen LogP contribution in [-0.4, -0.2) is 53.5 Å². The lowest BCUT2D eigenvalue weighted by Crippen LogP contribution is -2.51. The molecule has 2 rings (SSSR count). The van der Waals surface area contributed by atoms with Gasteiger partial charge in [-0.15, -0.1) is 0 Å². The van der Waals surface area contributed by atoms with Crippen molar-refractivity contribution in [3.8, 4) is 0 Å². The number of amides is 2. The summed E-state index contributed by atoms with van der Waals surface area (Å²) < 4.78 is 0. The number of aromatic nitrogens is 1. The Morgan fingerprint density at radius 1 is 1.19 bits per heavy atom. The highest BCUT2D eigenvalue weighted by atomic mass is 16.2. The van der Waals surface area contributed by atoms with Crippen LogP contribution in [0.5, 0.6) is 0 Å². The number of carbonyl (C=O) groups excluding carboxylic acids is 1. The Morgan fingerprint density at radius 3 is 2.57 bits per heavy atom. The summed E-state index contributed by atoms with van der Waals surface area (Å²) in [6.45, 7) is 7.60. The third-order valence-electron chi connectivity index (χ3n) is 3.93. The zero-order chi connectivity index (χ0) is 14.9. The number of hydrogen-bond acceptors (Lipinski definition) is 3. The number of pyridine rings is 1. The smallest absolute Gasteiger partial charge is 0.317 e. The molecule has 1 aliphatic heterocycles. The van der Waals surface area contributed by atoms with Crippen LogP contribution in [-0.2, 0) is 6.54 Å². The van der Waals surface area contributed by atoms with E-state index in [2.05, 4.69) is 22.1 Å². The van der Waals surface area contributed by atoms with Gasteiger partial charge in [0.15, 0.2) is 0 Å². The summed E-state index contributed by atoms with van der Waals surface area (Å²) in [5.41, 5.74) is 1.08. The molecule has 1 N–H and O–H groups in total. The summed E-state index contributed by atoms with van der Waals surface area (Å²) in [4.78, 5) is 20.5. The Labute approximate surface area is 127 Å². The van der Waals surface area contributed by atoms with E-state index in [-0.39, 0.29) is 6.03 Å². The van der Waals surface area contributed by atoms with Gasteiger partial charge >= 0.3 is 6.03 Å². The second kappa shape index (κ2) is 8.62. The van der Waals surface area contributed by atoms with E-state index in [1.165, 1.54) is 25.8 Å². The summed E-state index contributed by atoms with van der Waals surface area (Å²) in [5.74, 6) is 0. The van der Waals surface area contributed by atoms with Crippen molar-refractivity contribution in [2.24, 2.45) is 0 Å². The highest BCUT2D eigenvalue weighted by Crippen LogP contribution is 2.05. The average molecular weight is 290 g/mol. The molecule has 116 valence electrons. The predicted molar refractivity (Wildman–Crippen MR) is 84.0 cm³/mol. The number of piperazine rings is 1. The predicted octanol–water partition coefficient (Wildman–Crippen LogP) is 2.10. The second-order valence-corrected chi connectivity index (χ2v) is 5.55. The topological polar surface area (TPSA) is 48.5 Å². The molecular formula is C16H26N4O. The zero-order valence-corrected chi connectivity index (χ0v) is 12.9. The molecule has 1 saturated heterocycles. The molecule has 5 nitrogen and oxygen atoms in total. The van der Waals surface area contributed by atoms with Crippen molar-refractivity contribution in [2.75, 3.05) is 32.7 Å². The lowest BCUT2D eigenvalue weighted by Gasteiger charge is -2.34. The molecule has 21 heavy (non-hydrogen) atoms. The first-order chi connectivity index (χ1) is 10.3. The van der Waals surface area contributed by atoms with Crippen molar-refractivity contribution in [1.29, 1.82) is 0 Å². The molecule has 1 aromatic rings. The molecule has 0 saturated carbocycles. The van der Waals surface area contributed by atoms with Gasteiger partial charge < -0.3 is 10.2 Å². The van der Waals surface area contributed by atoms with E-state index in [1.807, 2.05) is 17.0 Å². The van der Waals surface area contributed by atoms with Gasteiger partial charge in [-0.05, 0) is 30.7 Å².